The highest BCUT2D eigenvalue weighted by Gasteiger charge is 2.21. The van der Waals surface area contributed by atoms with Gasteiger partial charge in [0.1, 0.15) is 6.04 Å². The highest BCUT2D eigenvalue weighted by molar-refractivity contribution is 9.10. The van der Waals surface area contributed by atoms with Crippen molar-refractivity contribution in [3.8, 4) is 0 Å². The van der Waals surface area contributed by atoms with E-state index in [2.05, 4.69) is 36.9 Å². The number of carbonyl (C=O) groups excluding carboxylic acids is 1. The minimum absolute atomic E-state index is 0.0293. The molecule has 6 heteroatoms. The number of benzene rings is 1. The SMILES string of the molecule is O=C(NCCc1ccncc1)C(NCCC1CCNCC1)c1ccc(Br)cc1. The zero-order chi connectivity index (χ0) is 19.6. The van der Waals surface area contributed by atoms with Gasteiger partial charge in [0.25, 0.3) is 0 Å². The lowest BCUT2D eigenvalue weighted by atomic mass is 9.94. The van der Waals surface area contributed by atoms with E-state index in [1.807, 2.05) is 36.4 Å². The largest absolute Gasteiger partial charge is 0.354 e. The fourth-order valence-corrected chi connectivity index (χ4v) is 3.87. The summed E-state index contributed by atoms with van der Waals surface area (Å²) >= 11 is 3.47. The molecule has 1 amide bonds. The van der Waals surface area contributed by atoms with Gasteiger partial charge < -0.3 is 16.0 Å². The fourth-order valence-electron chi connectivity index (χ4n) is 3.60. The molecule has 3 rings (SSSR count). The Morgan fingerprint density at radius 2 is 1.82 bits per heavy atom. The van der Waals surface area contributed by atoms with Gasteiger partial charge in [0.2, 0.25) is 5.91 Å². The van der Waals surface area contributed by atoms with Crippen LogP contribution in [0, 0.1) is 5.92 Å². The summed E-state index contributed by atoms with van der Waals surface area (Å²) in [6.45, 7) is 3.68. The summed E-state index contributed by atoms with van der Waals surface area (Å²) in [6.07, 6.45) is 7.93. The molecule has 1 saturated heterocycles. The molecule has 2 heterocycles. The number of pyridine rings is 1. The van der Waals surface area contributed by atoms with E-state index in [4.69, 9.17) is 0 Å². The van der Waals surface area contributed by atoms with Gasteiger partial charge in [-0.15, -0.1) is 0 Å². The number of amides is 1. The predicted octanol–water partition coefficient (Wildman–Crippen LogP) is 3.22. The second-order valence-corrected chi connectivity index (χ2v) is 8.23. The molecule has 1 aliphatic rings. The van der Waals surface area contributed by atoms with Gasteiger partial charge in [0, 0.05) is 23.4 Å². The third-order valence-corrected chi connectivity index (χ3v) is 5.82. The van der Waals surface area contributed by atoms with Gasteiger partial charge in [-0.2, -0.15) is 0 Å². The van der Waals surface area contributed by atoms with Gasteiger partial charge in [-0.25, -0.2) is 0 Å². The molecule has 0 bridgehead atoms. The number of carbonyl (C=O) groups is 1. The molecule has 5 nitrogen and oxygen atoms in total. The standard InChI is InChI=1S/C22H29BrN4O/c23-20-3-1-19(2-4-20)21(26-15-9-17-5-11-24-12-6-17)22(28)27-16-10-18-7-13-25-14-8-18/h1-4,7-8,13-14,17,21,24,26H,5-6,9-12,15-16H2,(H,27,28). The van der Waals surface area contributed by atoms with Crippen molar-refractivity contribution in [2.75, 3.05) is 26.2 Å². The number of hydrogen-bond acceptors (Lipinski definition) is 4. The van der Waals surface area contributed by atoms with Crippen molar-refractivity contribution in [2.45, 2.75) is 31.7 Å². The predicted molar refractivity (Wildman–Crippen MR) is 116 cm³/mol. The number of aromatic nitrogens is 1. The zero-order valence-electron chi connectivity index (χ0n) is 16.2. The highest BCUT2D eigenvalue weighted by atomic mass is 79.9. The van der Waals surface area contributed by atoms with Crippen molar-refractivity contribution in [3.63, 3.8) is 0 Å². The summed E-state index contributed by atoms with van der Waals surface area (Å²) < 4.78 is 1.02. The smallest absolute Gasteiger partial charge is 0.241 e. The average molecular weight is 445 g/mol. The Labute approximate surface area is 175 Å². The quantitative estimate of drug-likeness (QED) is 0.555. The number of piperidine rings is 1. The molecule has 0 radical (unpaired) electrons. The van der Waals surface area contributed by atoms with Crippen LogP contribution >= 0.6 is 15.9 Å². The van der Waals surface area contributed by atoms with E-state index in [0.29, 0.717) is 6.54 Å². The first-order valence-corrected chi connectivity index (χ1v) is 10.9. The van der Waals surface area contributed by atoms with Gasteiger partial charge in [-0.05, 0) is 86.6 Å². The van der Waals surface area contributed by atoms with E-state index in [9.17, 15) is 4.79 Å². The van der Waals surface area contributed by atoms with Gasteiger partial charge in [0.05, 0.1) is 0 Å². The number of hydrogen-bond donors (Lipinski definition) is 3. The van der Waals surface area contributed by atoms with Crippen molar-refractivity contribution in [2.24, 2.45) is 5.92 Å². The van der Waals surface area contributed by atoms with E-state index in [0.717, 1.165) is 48.4 Å². The minimum Gasteiger partial charge on any atom is -0.354 e. The van der Waals surface area contributed by atoms with Crippen LogP contribution in [0.2, 0.25) is 0 Å². The molecule has 1 fully saturated rings. The number of halogens is 1. The second-order valence-electron chi connectivity index (χ2n) is 7.32. The van der Waals surface area contributed by atoms with Crippen LogP contribution in [0.15, 0.2) is 53.3 Å². The number of rotatable bonds is 9. The Balaban J connectivity index is 1.54. The first kappa shape index (κ1) is 21.0. The molecule has 0 saturated carbocycles. The van der Waals surface area contributed by atoms with Crippen LogP contribution in [-0.2, 0) is 11.2 Å². The van der Waals surface area contributed by atoms with E-state index >= 15 is 0 Å². The van der Waals surface area contributed by atoms with Crippen LogP contribution in [0.3, 0.4) is 0 Å². The molecule has 1 aromatic heterocycles. The monoisotopic (exact) mass is 444 g/mol. The minimum atomic E-state index is -0.327. The Kier molecular flexibility index (Phi) is 8.45. The zero-order valence-corrected chi connectivity index (χ0v) is 17.7. The molecule has 0 aliphatic carbocycles. The maximum Gasteiger partial charge on any atom is 0.241 e. The molecule has 28 heavy (non-hydrogen) atoms. The third-order valence-electron chi connectivity index (χ3n) is 5.29. The molecule has 2 aromatic rings. The lowest BCUT2D eigenvalue weighted by Crippen LogP contribution is -2.39. The second kappa shape index (κ2) is 11.3. The lowest BCUT2D eigenvalue weighted by molar-refractivity contribution is -0.123. The van der Waals surface area contributed by atoms with Crippen LogP contribution in [0.25, 0.3) is 0 Å². The van der Waals surface area contributed by atoms with Crippen LogP contribution in [0.1, 0.15) is 36.4 Å². The third kappa shape index (κ3) is 6.69. The molecule has 150 valence electrons. The lowest BCUT2D eigenvalue weighted by Gasteiger charge is -2.24. The fraction of sp³-hybridized carbons (Fsp3) is 0.455. The summed E-state index contributed by atoms with van der Waals surface area (Å²) in [5.74, 6) is 0.774. The molecular weight excluding hydrogens is 416 g/mol. The summed E-state index contributed by atoms with van der Waals surface area (Å²) in [4.78, 5) is 16.9. The van der Waals surface area contributed by atoms with Crippen LogP contribution in [0.4, 0.5) is 0 Å². The maximum absolute atomic E-state index is 12.9. The molecule has 0 spiro atoms. The van der Waals surface area contributed by atoms with Crippen molar-refractivity contribution in [1.82, 2.24) is 20.9 Å². The van der Waals surface area contributed by atoms with E-state index in [1.165, 1.54) is 18.4 Å². The molecule has 1 aromatic carbocycles. The van der Waals surface area contributed by atoms with Crippen LogP contribution in [0.5, 0.6) is 0 Å². The van der Waals surface area contributed by atoms with Crippen molar-refractivity contribution in [3.05, 3.63) is 64.4 Å². The van der Waals surface area contributed by atoms with Gasteiger partial charge in [0.15, 0.2) is 0 Å². The summed E-state index contributed by atoms with van der Waals surface area (Å²) in [7, 11) is 0. The number of nitrogens with one attached hydrogen (secondary N) is 3. The van der Waals surface area contributed by atoms with Crippen LogP contribution < -0.4 is 16.0 Å². The molecule has 1 atom stereocenters. The Hall–Kier alpha value is -1.76. The average Bonchev–Trinajstić information content (AvgIpc) is 2.73. The Morgan fingerprint density at radius 3 is 2.54 bits per heavy atom. The summed E-state index contributed by atoms with van der Waals surface area (Å²) in [6, 6.07) is 11.6. The van der Waals surface area contributed by atoms with Gasteiger partial charge >= 0.3 is 0 Å². The number of nitrogens with zero attached hydrogens (tertiary/aromatic N) is 1. The molecule has 3 N–H and O–H groups in total. The van der Waals surface area contributed by atoms with Gasteiger partial charge in [-0.3, -0.25) is 9.78 Å². The van der Waals surface area contributed by atoms with Crippen LogP contribution in [-0.4, -0.2) is 37.1 Å². The maximum atomic E-state index is 12.9. The van der Waals surface area contributed by atoms with E-state index < -0.39 is 0 Å². The Morgan fingerprint density at radius 1 is 1.11 bits per heavy atom. The normalized spacial score (nSPS) is 15.9. The van der Waals surface area contributed by atoms with Crippen molar-refractivity contribution >= 4 is 21.8 Å². The van der Waals surface area contributed by atoms with Gasteiger partial charge in [-0.1, -0.05) is 28.1 Å². The summed E-state index contributed by atoms with van der Waals surface area (Å²) in [5.41, 5.74) is 2.17. The topological polar surface area (TPSA) is 66.0 Å². The molecule has 1 unspecified atom stereocenters. The Bertz CT molecular complexity index is 717. The van der Waals surface area contributed by atoms with Crippen molar-refractivity contribution in [1.29, 1.82) is 0 Å². The molecular formula is C22H29BrN4O. The first-order valence-electron chi connectivity index (χ1n) is 10.1. The molecule has 1 aliphatic heterocycles. The first-order chi connectivity index (χ1) is 13.7. The van der Waals surface area contributed by atoms with E-state index in [-0.39, 0.29) is 11.9 Å². The van der Waals surface area contributed by atoms with E-state index in [1.54, 1.807) is 12.4 Å². The van der Waals surface area contributed by atoms with Crippen molar-refractivity contribution < 1.29 is 4.79 Å². The highest BCUT2D eigenvalue weighted by Crippen LogP contribution is 2.19. The summed E-state index contributed by atoms with van der Waals surface area (Å²) in [5, 5.41) is 9.99.